The van der Waals surface area contributed by atoms with Gasteiger partial charge in [0, 0.05) is 19.6 Å². The van der Waals surface area contributed by atoms with Gasteiger partial charge in [0.15, 0.2) is 0 Å². The van der Waals surface area contributed by atoms with Gasteiger partial charge >= 0.3 is 0 Å². The number of para-hydroxylation sites is 2. The number of carbonyl (C=O) groups excluding carboxylic acids is 1. The molecule has 0 radical (unpaired) electrons. The van der Waals surface area contributed by atoms with E-state index in [1.807, 2.05) is 29.2 Å². The maximum Gasteiger partial charge on any atom is 0.246 e. The van der Waals surface area contributed by atoms with Gasteiger partial charge in [-0.25, -0.2) is 0 Å². The Labute approximate surface area is 120 Å². The molecule has 2 heterocycles. The van der Waals surface area contributed by atoms with Crippen LogP contribution in [0.15, 0.2) is 24.3 Å². The molecule has 3 atom stereocenters. The van der Waals surface area contributed by atoms with Gasteiger partial charge in [-0.15, -0.1) is 0 Å². The van der Waals surface area contributed by atoms with Crippen LogP contribution in [0.1, 0.15) is 20.3 Å². The van der Waals surface area contributed by atoms with Gasteiger partial charge in [-0.1, -0.05) is 26.0 Å². The fraction of sp³-hybridized carbons (Fsp3) is 0.562. The molecule has 0 spiro atoms. The normalized spacial score (nSPS) is 29.1. The molecule has 3 rings (SSSR count). The van der Waals surface area contributed by atoms with E-state index in [9.17, 15) is 4.79 Å². The molecule has 2 aliphatic heterocycles. The van der Waals surface area contributed by atoms with Gasteiger partial charge in [-0.05, 0) is 30.4 Å². The lowest BCUT2D eigenvalue weighted by Gasteiger charge is -2.38. The van der Waals surface area contributed by atoms with E-state index in [0.717, 1.165) is 24.5 Å². The summed E-state index contributed by atoms with van der Waals surface area (Å²) in [5.74, 6) is 1.43. The van der Waals surface area contributed by atoms with E-state index in [-0.39, 0.29) is 11.9 Å². The topological polar surface area (TPSA) is 44.4 Å². The van der Waals surface area contributed by atoms with Crippen LogP contribution in [0.2, 0.25) is 0 Å². The third kappa shape index (κ3) is 2.60. The zero-order valence-electron chi connectivity index (χ0n) is 12.2. The predicted molar refractivity (Wildman–Crippen MR) is 81.9 cm³/mol. The minimum Gasteiger partial charge on any atom is -0.381 e. The molecule has 1 aromatic rings. The van der Waals surface area contributed by atoms with Crippen molar-refractivity contribution in [3.05, 3.63) is 24.3 Å². The van der Waals surface area contributed by atoms with E-state index in [4.69, 9.17) is 0 Å². The highest BCUT2D eigenvalue weighted by Gasteiger charge is 2.31. The summed E-state index contributed by atoms with van der Waals surface area (Å²) in [6.45, 7) is 6.91. The minimum atomic E-state index is -0.151. The maximum atomic E-state index is 12.7. The standard InChI is InChI=1S/C16H23N3O/c1-11-7-12(2)10-19(9-11)16(20)15-8-17-13-5-3-4-6-14(13)18-15/h3-6,11-12,15,17-18H,7-10H2,1-2H3. The number of hydrogen-bond acceptors (Lipinski definition) is 3. The Balaban J connectivity index is 1.69. The molecule has 1 aromatic carbocycles. The fourth-order valence-electron chi connectivity index (χ4n) is 3.43. The molecule has 1 amide bonds. The fourth-order valence-corrected chi connectivity index (χ4v) is 3.43. The van der Waals surface area contributed by atoms with Gasteiger partial charge in [0.2, 0.25) is 5.91 Å². The zero-order chi connectivity index (χ0) is 14.1. The lowest BCUT2D eigenvalue weighted by Crippen LogP contribution is -2.52. The number of amides is 1. The van der Waals surface area contributed by atoms with Gasteiger partial charge < -0.3 is 15.5 Å². The molecular weight excluding hydrogens is 250 g/mol. The van der Waals surface area contributed by atoms with Crippen LogP contribution in [0.5, 0.6) is 0 Å². The molecule has 1 fully saturated rings. The van der Waals surface area contributed by atoms with Gasteiger partial charge in [-0.3, -0.25) is 4.79 Å². The summed E-state index contributed by atoms with van der Waals surface area (Å²) in [5, 5.41) is 6.72. The molecule has 20 heavy (non-hydrogen) atoms. The summed E-state index contributed by atoms with van der Waals surface area (Å²) in [6.07, 6.45) is 1.23. The third-order valence-corrected chi connectivity index (χ3v) is 4.23. The van der Waals surface area contributed by atoms with Crippen molar-refractivity contribution >= 4 is 17.3 Å². The van der Waals surface area contributed by atoms with Crippen LogP contribution < -0.4 is 10.6 Å². The average molecular weight is 273 g/mol. The van der Waals surface area contributed by atoms with Crippen LogP contribution in [0.25, 0.3) is 0 Å². The highest BCUT2D eigenvalue weighted by Crippen LogP contribution is 2.27. The molecule has 4 nitrogen and oxygen atoms in total. The van der Waals surface area contributed by atoms with Crippen molar-refractivity contribution in [3.63, 3.8) is 0 Å². The number of piperidine rings is 1. The van der Waals surface area contributed by atoms with Crippen LogP contribution in [0.4, 0.5) is 11.4 Å². The van der Waals surface area contributed by atoms with Crippen LogP contribution in [-0.4, -0.2) is 36.5 Å². The first-order valence-electron chi connectivity index (χ1n) is 7.51. The highest BCUT2D eigenvalue weighted by molar-refractivity contribution is 5.88. The molecule has 3 unspecified atom stereocenters. The molecule has 0 bridgehead atoms. The number of benzene rings is 1. The Kier molecular flexibility index (Phi) is 3.55. The highest BCUT2D eigenvalue weighted by atomic mass is 16.2. The van der Waals surface area contributed by atoms with Gasteiger partial charge in [0.05, 0.1) is 11.4 Å². The van der Waals surface area contributed by atoms with Crippen molar-refractivity contribution in [2.45, 2.75) is 26.3 Å². The SMILES string of the molecule is CC1CC(C)CN(C(=O)C2CNc3ccccc3N2)C1. The van der Waals surface area contributed by atoms with Crippen LogP contribution in [0.3, 0.4) is 0 Å². The maximum absolute atomic E-state index is 12.7. The van der Waals surface area contributed by atoms with Crippen LogP contribution in [-0.2, 0) is 4.79 Å². The Hall–Kier alpha value is -1.71. The van der Waals surface area contributed by atoms with Crippen molar-refractivity contribution in [2.24, 2.45) is 11.8 Å². The number of anilines is 2. The van der Waals surface area contributed by atoms with E-state index in [1.54, 1.807) is 0 Å². The van der Waals surface area contributed by atoms with E-state index >= 15 is 0 Å². The van der Waals surface area contributed by atoms with E-state index in [0.29, 0.717) is 18.4 Å². The van der Waals surface area contributed by atoms with E-state index < -0.39 is 0 Å². The molecular formula is C16H23N3O. The number of rotatable bonds is 1. The molecule has 0 aliphatic carbocycles. The predicted octanol–water partition coefficient (Wildman–Crippen LogP) is 2.40. The molecule has 2 N–H and O–H groups in total. The first kappa shape index (κ1) is 13.3. The molecule has 4 heteroatoms. The molecule has 108 valence electrons. The lowest BCUT2D eigenvalue weighted by atomic mass is 9.91. The van der Waals surface area contributed by atoms with Crippen molar-refractivity contribution in [1.82, 2.24) is 4.90 Å². The number of fused-ring (bicyclic) bond motifs is 1. The summed E-state index contributed by atoms with van der Waals surface area (Å²) >= 11 is 0. The molecule has 1 saturated heterocycles. The van der Waals surface area contributed by atoms with Crippen molar-refractivity contribution < 1.29 is 4.79 Å². The number of likely N-dealkylation sites (tertiary alicyclic amines) is 1. The van der Waals surface area contributed by atoms with Gasteiger partial charge in [-0.2, -0.15) is 0 Å². The van der Waals surface area contributed by atoms with Gasteiger partial charge in [0.1, 0.15) is 6.04 Å². The summed E-state index contributed by atoms with van der Waals surface area (Å²) in [5.41, 5.74) is 2.10. The number of hydrogen-bond donors (Lipinski definition) is 2. The van der Waals surface area contributed by atoms with Crippen LogP contribution >= 0.6 is 0 Å². The summed E-state index contributed by atoms with van der Waals surface area (Å²) < 4.78 is 0. The zero-order valence-corrected chi connectivity index (χ0v) is 12.2. The Bertz CT molecular complexity index is 492. The molecule has 0 aromatic heterocycles. The monoisotopic (exact) mass is 273 g/mol. The number of carbonyl (C=O) groups is 1. The second kappa shape index (κ2) is 5.35. The second-order valence-electron chi connectivity index (χ2n) is 6.31. The Morgan fingerprint density at radius 2 is 1.80 bits per heavy atom. The van der Waals surface area contributed by atoms with Crippen molar-refractivity contribution in [1.29, 1.82) is 0 Å². The number of nitrogens with one attached hydrogen (secondary N) is 2. The average Bonchev–Trinajstić information content (AvgIpc) is 2.45. The Morgan fingerprint density at radius 1 is 1.15 bits per heavy atom. The first-order chi connectivity index (χ1) is 9.63. The second-order valence-corrected chi connectivity index (χ2v) is 6.31. The van der Waals surface area contributed by atoms with Crippen molar-refractivity contribution in [3.8, 4) is 0 Å². The molecule has 0 saturated carbocycles. The summed E-state index contributed by atoms with van der Waals surface area (Å²) in [7, 11) is 0. The smallest absolute Gasteiger partial charge is 0.246 e. The largest absolute Gasteiger partial charge is 0.381 e. The quantitative estimate of drug-likeness (QED) is 0.826. The minimum absolute atomic E-state index is 0.151. The summed E-state index contributed by atoms with van der Waals surface area (Å²) in [4.78, 5) is 14.7. The first-order valence-corrected chi connectivity index (χ1v) is 7.51. The Morgan fingerprint density at radius 3 is 2.50 bits per heavy atom. The van der Waals surface area contributed by atoms with E-state index in [2.05, 4.69) is 24.5 Å². The van der Waals surface area contributed by atoms with Crippen molar-refractivity contribution in [2.75, 3.05) is 30.3 Å². The van der Waals surface area contributed by atoms with Gasteiger partial charge in [0.25, 0.3) is 0 Å². The number of nitrogens with zero attached hydrogens (tertiary/aromatic N) is 1. The van der Waals surface area contributed by atoms with Crippen LogP contribution in [0, 0.1) is 11.8 Å². The molecule has 2 aliphatic rings. The third-order valence-electron chi connectivity index (χ3n) is 4.23. The van der Waals surface area contributed by atoms with E-state index in [1.165, 1.54) is 6.42 Å². The summed E-state index contributed by atoms with van der Waals surface area (Å²) in [6, 6.07) is 7.90. The lowest BCUT2D eigenvalue weighted by molar-refractivity contribution is -0.134.